The van der Waals surface area contributed by atoms with Crippen molar-refractivity contribution < 1.29 is 17.6 Å². The molecule has 0 spiro atoms. The summed E-state index contributed by atoms with van der Waals surface area (Å²) in [6, 6.07) is 2.28. The number of hydrogen-bond acceptors (Lipinski definition) is 3. The van der Waals surface area contributed by atoms with Crippen molar-refractivity contribution in [1.29, 1.82) is 0 Å². The van der Waals surface area contributed by atoms with E-state index in [1.807, 2.05) is 11.0 Å². The molecule has 0 bridgehead atoms. The van der Waals surface area contributed by atoms with Crippen molar-refractivity contribution in [2.75, 3.05) is 13.1 Å². The van der Waals surface area contributed by atoms with Gasteiger partial charge in [-0.2, -0.15) is 13.2 Å². The quantitative estimate of drug-likeness (QED) is 0.844. The van der Waals surface area contributed by atoms with Crippen LogP contribution in [0.25, 0.3) is 0 Å². The Hall–Kier alpha value is -1.27. The van der Waals surface area contributed by atoms with Gasteiger partial charge in [0, 0.05) is 36.8 Å². The number of hydrogen-bond donors (Lipinski definition) is 1. The molecular weight excluding hydrogens is 281 g/mol. The van der Waals surface area contributed by atoms with E-state index >= 15 is 0 Å². The SMILES string of the molecule is CC(C)NCc1ccoc1CN1CC=C(C(F)(F)F)CC1. The van der Waals surface area contributed by atoms with Gasteiger partial charge in [0.05, 0.1) is 12.8 Å². The van der Waals surface area contributed by atoms with Crippen LogP contribution in [0.5, 0.6) is 0 Å². The van der Waals surface area contributed by atoms with Crippen LogP contribution in [-0.4, -0.2) is 30.2 Å². The number of alkyl halides is 3. The number of halogens is 3. The van der Waals surface area contributed by atoms with Gasteiger partial charge in [0.2, 0.25) is 0 Å². The van der Waals surface area contributed by atoms with E-state index in [0.29, 0.717) is 32.2 Å². The number of rotatable bonds is 5. The molecule has 1 aromatic heterocycles. The first-order valence-electron chi connectivity index (χ1n) is 7.13. The maximum atomic E-state index is 12.6. The molecule has 0 radical (unpaired) electrons. The Morgan fingerprint density at radius 1 is 1.38 bits per heavy atom. The van der Waals surface area contributed by atoms with Crippen molar-refractivity contribution in [3.63, 3.8) is 0 Å². The highest BCUT2D eigenvalue weighted by Crippen LogP contribution is 2.30. The van der Waals surface area contributed by atoms with Gasteiger partial charge in [-0.15, -0.1) is 0 Å². The van der Waals surface area contributed by atoms with Crippen molar-refractivity contribution >= 4 is 0 Å². The second-order valence-electron chi connectivity index (χ2n) is 5.62. The summed E-state index contributed by atoms with van der Waals surface area (Å²) in [6.45, 7) is 6.10. The topological polar surface area (TPSA) is 28.4 Å². The summed E-state index contributed by atoms with van der Waals surface area (Å²) in [6.07, 6.45) is -1.24. The van der Waals surface area contributed by atoms with E-state index in [9.17, 15) is 13.2 Å². The summed E-state index contributed by atoms with van der Waals surface area (Å²) in [7, 11) is 0. The zero-order chi connectivity index (χ0) is 15.5. The Kier molecular flexibility index (Phi) is 5.11. The summed E-state index contributed by atoms with van der Waals surface area (Å²) < 4.78 is 43.2. The van der Waals surface area contributed by atoms with E-state index in [1.54, 1.807) is 6.26 Å². The Morgan fingerprint density at radius 3 is 2.71 bits per heavy atom. The van der Waals surface area contributed by atoms with Crippen molar-refractivity contribution in [2.45, 2.75) is 45.6 Å². The largest absolute Gasteiger partial charge is 0.468 e. The molecule has 0 saturated carbocycles. The van der Waals surface area contributed by atoms with Crippen molar-refractivity contribution in [2.24, 2.45) is 0 Å². The van der Waals surface area contributed by atoms with Crippen LogP contribution in [0.2, 0.25) is 0 Å². The second-order valence-corrected chi connectivity index (χ2v) is 5.62. The third kappa shape index (κ3) is 4.61. The lowest BCUT2D eigenvalue weighted by Gasteiger charge is -2.26. The molecule has 1 aliphatic heterocycles. The minimum absolute atomic E-state index is 0.0454. The van der Waals surface area contributed by atoms with E-state index in [-0.39, 0.29) is 6.42 Å². The maximum Gasteiger partial charge on any atom is 0.412 e. The average molecular weight is 302 g/mol. The Balaban J connectivity index is 1.92. The highest BCUT2D eigenvalue weighted by Gasteiger charge is 2.34. The maximum absolute atomic E-state index is 12.6. The second kappa shape index (κ2) is 6.66. The van der Waals surface area contributed by atoms with E-state index in [2.05, 4.69) is 19.2 Å². The predicted octanol–water partition coefficient (Wildman–Crippen LogP) is 3.47. The molecule has 0 atom stereocenters. The van der Waals surface area contributed by atoms with E-state index in [1.165, 1.54) is 6.08 Å². The van der Waals surface area contributed by atoms with E-state index < -0.39 is 11.7 Å². The fourth-order valence-corrected chi connectivity index (χ4v) is 2.29. The molecule has 0 amide bonds. The normalized spacial score (nSPS) is 17.3. The first kappa shape index (κ1) is 16.1. The van der Waals surface area contributed by atoms with Crippen LogP contribution in [0.15, 0.2) is 28.4 Å². The fourth-order valence-electron chi connectivity index (χ4n) is 2.29. The van der Waals surface area contributed by atoms with Crippen LogP contribution in [0.1, 0.15) is 31.6 Å². The molecule has 1 N–H and O–H groups in total. The fraction of sp³-hybridized carbons (Fsp3) is 0.600. The molecule has 0 fully saturated rings. The molecule has 0 aromatic carbocycles. The molecule has 118 valence electrons. The van der Waals surface area contributed by atoms with Crippen LogP contribution < -0.4 is 5.32 Å². The van der Waals surface area contributed by atoms with Crippen LogP contribution in [0.3, 0.4) is 0 Å². The molecule has 1 aromatic rings. The van der Waals surface area contributed by atoms with Crippen LogP contribution in [0, 0.1) is 0 Å². The van der Waals surface area contributed by atoms with Crippen LogP contribution >= 0.6 is 0 Å². The summed E-state index contributed by atoms with van der Waals surface area (Å²) in [5.74, 6) is 0.826. The lowest BCUT2D eigenvalue weighted by atomic mass is 10.1. The van der Waals surface area contributed by atoms with E-state index in [0.717, 1.165) is 11.3 Å². The minimum atomic E-state index is -4.19. The lowest BCUT2D eigenvalue weighted by molar-refractivity contribution is -0.0961. The molecule has 0 saturated heterocycles. The summed E-state index contributed by atoms with van der Waals surface area (Å²) in [5.41, 5.74) is 0.647. The molecule has 3 nitrogen and oxygen atoms in total. The molecule has 2 heterocycles. The van der Waals surface area contributed by atoms with Crippen LogP contribution in [-0.2, 0) is 13.1 Å². The van der Waals surface area contributed by atoms with Gasteiger partial charge in [-0.05, 0) is 12.5 Å². The van der Waals surface area contributed by atoms with Gasteiger partial charge in [0.15, 0.2) is 0 Å². The first-order valence-corrected chi connectivity index (χ1v) is 7.13. The minimum Gasteiger partial charge on any atom is -0.468 e. The summed E-state index contributed by atoms with van der Waals surface area (Å²) >= 11 is 0. The molecule has 2 rings (SSSR count). The van der Waals surface area contributed by atoms with Gasteiger partial charge in [-0.3, -0.25) is 4.90 Å². The van der Waals surface area contributed by atoms with Gasteiger partial charge in [-0.1, -0.05) is 19.9 Å². The van der Waals surface area contributed by atoms with Gasteiger partial charge < -0.3 is 9.73 Å². The van der Waals surface area contributed by atoms with E-state index in [4.69, 9.17) is 4.42 Å². The molecule has 1 aliphatic rings. The zero-order valence-corrected chi connectivity index (χ0v) is 12.3. The van der Waals surface area contributed by atoms with Crippen molar-refractivity contribution in [3.05, 3.63) is 35.3 Å². The Bertz CT molecular complexity index is 491. The summed E-state index contributed by atoms with van der Waals surface area (Å²) in [4.78, 5) is 1.97. The number of nitrogens with zero attached hydrogens (tertiary/aromatic N) is 1. The molecular formula is C15H21F3N2O. The Morgan fingerprint density at radius 2 is 2.14 bits per heavy atom. The summed E-state index contributed by atoms with van der Waals surface area (Å²) in [5, 5.41) is 3.31. The molecule has 6 heteroatoms. The molecule has 0 unspecified atom stereocenters. The standard InChI is InChI=1S/C15H21F3N2O/c1-11(2)19-9-12-5-8-21-14(12)10-20-6-3-13(4-7-20)15(16,17)18/h3,5,8,11,19H,4,6-7,9-10H2,1-2H3. The first-order chi connectivity index (χ1) is 9.86. The van der Waals surface area contributed by atoms with Crippen LogP contribution in [0.4, 0.5) is 13.2 Å². The number of nitrogens with one attached hydrogen (secondary N) is 1. The van der Waals surface area contributed by atoms with Crippen molar-refractivity contribution in [1.82, 2.24) is 10.2 Å². The highest BCUT2D eigenvalue weighted by molar-refractivity contribution is 5.18. The predicted molar refractivity (Wildman–Crippen MR) is 74.7 cm³/mol. The third-order valence-corrected chi connectivity index (χ3v) is 3.56. The molecule has 0 aliphatic carbocycles. The van der Waals surface area contributed by atoms with Gasteiger partial charge >= 0.3 is 6.18 Å². The lowest BCUT2D eigenvalue weighted by Crippen LogP contribution is -2.32. The monoisotopic (exact) mass is 302 g/mol. The zero-order valence-electron chi connectivity index (χ0n) is 12.3. The molecule has 21 heavy (non-hydrogen) atoms. The van der Waals surface area contributed by atoms with Gasteiger partial charge in [-0.25, -0.2) is 0 Å². The average Bonchev–Trinajstić information content (AvgIpc) is 2.83. The van der Waals surface area contributed by atoms with Crippen molar-refractivity contribution in [3.8, 4) is 0 Å². The smallest absolute Gasteiger partial charge is 0.412 e. The van der Waals surface area contributed by atoms with Gasteiger partial charge in [0.1, 0.15) is 5.76 Å². The highest BCUT2D eigenvalue weighted by atomic mass is 19.4. The Labute approximate surface area is 122 Å². The third-order valence-electron chi connectivity index (χ3n) is 3.56. The van der Waals surface area contributed by atoms with Gasteiger partial charge in [0.25, 0.3) is 0 Å². The number of furan rings is 1.